The van der Waals surface area contributed by atoms with Gasteiger partial charge in [0.15, 0.2) is 0 Å². The number of carbonyl (C=O) groups is 1. The van der Waals surface area contributed by atoms with Crippen molar-refractivity contribution in [3.63, 3.8) is 0 Å². The number of anilines is 1. The molecule has 1 aliphatic rings. The first-order chi connectivity index (χ1) is 13.6. The van der Waals surface area contributed by atoms with E-state index in [9.17, 15) is 13.2 Å². The molecule has 9 heteroatoms. The molecule has 1 fully saturated rings. The third-order valence-corrected chi connectivity index (χ3v) is 6.60. The largest absolute Gasteiger partial charge is 0.325 e. The second-order valence-corrected chi connectivity index (χ2v) is 8.35. The monoisotopic (exact) mass is 397 g/mol. The molecule has 1 unspecified atom stereocenters. The molecule has 1 N–H and O–H groups in total. The summed E-state index contributed by atoms with van der Waals surface area (Å²) >= 11 is 0. The third kappa shape index (κ3) is 3.54. The van der Waals surface area contributed by atoms with Gasteiger partial charge in [0.05, 0.1) is 10.6 Å². The van der Waals surface area contributed by atoms with Crippen molar-refractivity contribution in [1.82, 2.24) is 19.1 Å². The summed E-state index contributed by atoms with van der Waals surface area (Å²) in [5, 5.41) is 6.87. The number of nitrogens with one attached hydrogen (secondary N) is 1. The molecule has 0 spiro atoms. The summed E-state index contributed by atoms with van der Waals surface area (Å²) < 4.78 is 28.7. The molecule has 1 amide bonds. The minimum atomic E-state index is -3.71. The van der Waals surface area contributed by atoms with Gasteiger partial charge in [-0.2, -0.15) is 9.40 Å². The molecule has 1 aromatic heterocycles. The summed E-state index contributed by atoms with van der Waals surface area (Å²) in [4.78, 5) is 16.9. The minimum absolute atomic E-state index is 0.201. The van der Waals surface area contributed by atoms with Gasteiger partial charge in [0, 0.05) is 12.2 Å². The number of hydrogen-bond acceptors (Lipinski definition) is 5. The highest BCUT2D eigenvalue weighted by Gasteiger charge is 2.39. The maximum absolute atomic E-state index is 12.9. The SMILES string of the molecule is O=C(Nc1ccc(-n2cncn2)cc1)C1CCCN1S(=O)(=O)c1ccccc1. The molecule has 0 aliphatic carbocycles. The number of nitrogens with zero attached hydrogens (tertiary/aromatic N) is 4. The zero-order chi connectivity index (χ0) is 19.6. The molecule has 28 heavy (non-hydrogen) atoms. The van der Waals surface area contributed by atoms with Gasteiger partial charge in [-0.25, -0.2) is 18.1 Å². The summed E-state index contributed by atoms with van der Waals surface area (Å²) in [6.45, 7) is 0.334. The number of carbonyl (C=O) groups excluding carboxylic acids is 1. The topological polar surface area (TPSA) is 97.2 Å². The summed E-state index contributed by atoms with van der Waals surface area (Å²) in [6, 6.07) is 14.6. The zero-order valence-corrected chi connectivity index (χ0v) is 15.8. The molecule has 0 saturated carbocycles. The molecule has 3 aromatic rings. The fourth-order valence-electron chi connectivity index (χ4n) is 3.28. The quantitative estimate of drug-likeness (QED) is 0.711. The van der Waals surface area contributed by atoms with Crippen LogP contribution >= 0.6 is 0 Å². The Bertz CT molecular complexity index is 1050. The first kappa shape index (κ1) is 18.3. The van der Waals surface area contributed by atoms with Gasteiger partial charge in [0.25, 0.3) is 0 Å². The van der Waals surface area contributed by atoms with Gasteiger partial charge >= 0.3 is 0 Å². The average Bonchev–Trinajstić information content (AvgIpc) is 3.42. The van der Waals surface area contributed by atoms with Crippen molar-refractivity contribution in [2.45, 2.75) is 23.8 Å². The summed E-state index contributed by atoms with van der Waals surface area (Å²) in [6.07, 6.45) is 4.17. The molecule has 1 saturated heterocycles. The predicted molar refractivity (Wildman–Crippen MR) is 103 cm³/mol. The Labute approximate surface area is 162 Å². The Morgan fingerprint density at radius 3 is 2.50 bits per heavy atom. The minimum Gasteiger partial charge on any atom is -0.325 e. The van der Waals surface area contributed by atoms with Gasteiger partial charge in [-0.3, -0.25) is 4.79 Å². The normalized spacial score (nSPS) is 17.5. The van der Waals surface area contributed by atoms with E-state index in [2.05, 4.69) is 15.4 Å². The van der Waals surface area contributed by atoms with E-state index in [0.29, 0.717) is 25.1 Å². The number of sulfonamides is 1. The van der Waals surface area contributed by atoms with Crippen molar-refractivity contribution in [2.24, 2.45) is 0 Å². The van der Waals surface area contributed by atoms with Crippen LogP contribution in [-0.4, -0.2) is 46.0 Å². The molecular formula is C19H19N5O3S. The lowest BCUT2D eigenvalue weighted by atomic mass is 10.2. The van der Waals surface area contributed by atoms with E-state index in [1.165, 1.54) is 10.6 Å². The van der Waals surface area contributed by atoms with Crippen molar-refractivity contribution in [3.05, 3.63) is 67.3 Å². The molecule has 2 heterocycles. The van der Waals surface area contributed by atoms with Gasteiger partial charge in [0.2, 0.25) is 15.9 Å². The fourth-order valence-corrected chi connectivity index (χ4v) is 4.96. The number of aromatic nitrogens is 3. The van der Waals surface area contributed by atoms with Crippen molar-refractivity contribution in [3.8, 4) is 5.69 Å². The highest BCUT2D eigenvalue weighted by molar-refractivity contribution is 7.89. The Kier molecular flexibility index (Phi) is 4.93. The molecule has 4 rings (SSSR count). The van der Waals surface area contributed by atoms with Gasteiger partial charge in [-0.15, -0.1) is 0 Å². The van der Waals surface area contributed by atoms with Crippen molar-refractivity contribution >= 4 is 21.6 Å². The molecule has 8 nitrogen and oxygen atoms in total. The maximum Gasteiger partial charge on any atom is 0.243 e. The van der Waals surface area contributed by atoms with Crippen molar-refractivity contribution in [2.75, 3.05) is 11.9 Å². The van der Waals surface area contributed by atoms with Crippen molar-refractivity contribution < 1.29 is 13.2 Å². The Morgan fingerprint density at radius 1 is 1.07 bits per heavy atom. The first-order valence-corrected chi connectivity index (χ1v) is 10.3. The van der Waals surface area contributed by atoms with E-state index in [-0.39, 0.29) is 10.8 Å². The molecule has 2 aromatic carbocycles. The summed E-state index contributed by atoms with van der Waals surface area (Å²) in [5.74, 6) is -0.328. The smallest absolute Gasteiger partial charge is 0.243 e. The van der Waals surface area contributed by atoms with Crippen LogP contribution in [0.5, 0.6) is 0 Å². The van der Waals surface area contributed by atoms with Crippen LogP contribution in [0.4, 0.5) is 5.69 Å². The van der Waals surface area contributed by atoms with Crippen LogP contribution in [0.1, 0.15) is 12.8 Å². The van der Waals surface area contributed by atoms with E-state index in [0.717, 1.165) is 5.69 Å². The summed E-state index contributed by atoms with van der Waals surface area (Å²) in [7, 11) is -3.71. The van der Waals surface area contributed by atoms with Crippen LogP contribution in [0.2, 0.25) is 0 Å². The fraction of sp³-hybridized carbons (Fsp3) is 0.211. The third-order valence-electron chi connectivity index (χ3n) is 4.67. The molecule has 0 radical (unpaired) electrons. The van der Waals surface area contributed by atoms with E-state index in [1.807, 2.05) is 0 Å². The number of benzene rings is 2. The second kappa shape index (κ2) is 7.53. The average molecular weight is 397 g/mol. The standard InChI is InChI=1S/C19H19N5O3S/c25-19(22-15-8-10-16(11-9-15)23-14-20-13-21-23)18-7-4-12-24(18)28(26,27)17-5-2-1-3-6-17/h1-3,5-6,8-11,13-14,18H,4,7,12H2,(H,22,25). The molecule has 1 aliphatic heterocycles. The van der Waals surface area contributed by atoms with Crippen LogP contribution < -0.4 is 5.32 Å². The zero-order valence-electron chi connectivity index (χ0n) is 15.0. The molecule has 144 valence electrons. The lowest BCUT2D eigenvalue weighted by Gasteiger charge is -2.23. The maximum atomic E-state index is 12.9. The summed E-state index contributed by atoms with van der Waals surface area (Å²) in [5.41, 5.74) is 1.41. The van der Waals surface area contributed by atoms with Crippen LogP contribution in [0, 0.1) is 0 Å². The van der Waals surface area contributed by atoms with Crippen LogP contribution in [0.15, 0.2) is 72.1 Å². The van der Waals surface area contributed by atoms with E-state index in [1.54, 1.807) is 65.6 Å². The Hall–Kier alpha value is -3.04. The lowest BCUT2D eigenvalue weighted by Crippen LogP contribution is -2.43. The Morgan fingerprint density at radius 2 is 1.82 bits per heavy atom. The highest BCUT2D eigenvalue weighted by Crippen LogP contribution is 2.27. The molecule has 0 bridgehead atoms. The van der Waals surface area contributed by atoms with Crippen LogP contribution in [-0.2, 0) is 14.8 Å². The number of amides is 1. The van der Waals surface area contributed by atoms with Crippen LogP contribution in [0.3, 0.4) is 0 Å². The Balaban J connectivity index is 1.50. The number of hydrogen-bond donors (Lipinski definition) is 1. The van der Waals surface area contributed by atoms with Gasteiger partial charge in [0.1, 0.15) is 18.7 Å². The highest BCUT2D eigenvalue weighted by atomic mass is 32.2. The van der Waals surface area contributed by atoms with Gasteiger partial charge < -0.3 is 5.32 Å². The first-order valence-electron chi connectivity index (χ1n) is 8.88. The second-order valence-electron chi connectivity index (χ2n) is 6.46. The number of rotatable bonds is 5. The molecule has 1 atom stereocenters. The van der Waals surface area contributed by atoms with Gasteiger partial charge in [-0.1, -0.05) is 18.2 Å². The predicted octanol–water partition coefficient (Wildman–Crippen LogP) is 2.06. The van der Waals surface area contributed by atoms with E-state index >= 15 is 0 Å². The van der Waals surface area contributed by atoms with Crippen molar-refractivity contribution in [1.29, 1.82) is 0 Å². The van der Waals surface area contributed by atoms with Gasteiger partial charge in [-0.05, 0) is 49.2 Å². The van der Waals surface area contributed by atoms with E-state index < -0.39 is 16.1 Å². The lowest BCUT2D eigenvalue weighted by molar-refractivity contribution is -0.119. The molecular weight excluding hydrogens is 378 g/mol. The van der Waals surface area contributed by atoms with Crippen LogP contribution in [0.25, 0.3) is 5.69 Å². The van der Waals surface area contributed by atoms with E-state index in [4.69, 9.17) is 0 Å².